The minimum Gasteiger partial charge on any atom is -0.378 e. The molecule has 0 bridgehead atoms. The molecule has 1 atom stereocenters. The van der Waals surface area contributed by atoms with Gasteiger partial charge in [-0.25, -0.2) is 9.98 Å². The van der Waals surface area contributed by atoms with Gasteiger partial charge in [0.05, 0.1) is 6.10 Å². The Balaban J connectivity index is 1.86. The van der Waals surface area contributed by atoms with Gasteiger partial charge in [-0.3, -0.25) is 0 Å². The molecule has 1 saturated carbocycles. The summed E-state index contributed by atoms with van der Waals surface area (Å²) in [5.41, 5.74) is 0. The third kappa shape index (κ3) is 7.53. The Morgan fingerprint density at radius 1 is 1.30 bits per heavy atom. The van der Waals surface area contributed by atoms with Crippen molar-refractivity contribution in [2.75, 3.05) is 19.7 Å². The van der Waals surface area contributed by atoms with Crippen LogP contribution in [-0.4, -0.2) is 41.3 Å². The molecule has 1 aromatic rings. The Labute approximate surface area is 165 Å². The fraction of sp³-hybridized carbons (Fsp3) is 0.810. The van der Waals surface area contributed by atoms with Crippen molar-refractivity contribution < 1.29 is 4.74 Å². The van der Waals surface area contributed by atoms with Crippen molar-refractivity contribution in [3.8, 4) is 0 Å². The van der Waals surface area contributed by atoms with E-state index < -0.39 is 0 Å². The Bertz CT molecular complexity index is 549. The molecule has 1 aliphatic carbocycles. The topological polar surface area (TPSA) is 63.5 Å². The Morgan fingerprint density at radius 2 is 2.07 bits per heavy atom. The van der Waals surface area contributed by atoms with Gasteiger partial charge in [-0.1, -0.05) is 26.7 Å². The first-order valence-corrected chi connectivity index (χ1v) is 10.8. The zero-order valence-electron chi connectivity index (χ0n) is 17.7. The van der Waals surface area contributed by atoms with Gasteiger partial charge in [0.25, 0.3) is 0 Å². The number of nitrogens with zero attached hydrogens (tertiary/aromatic N) is 3. The monoisotopic (exact) mass is 377 g/mol. The summed E-state index contributed by atoms with van der Waals surface area (Å²) >= 11 is 0. The van der Waals surface area contributed by atoms with Crippen molar-refractivity contribution in [2.24, 2.45) is 16.8 Å². The Kier molecular flexibility index (Phi) is 9.67. The van der Waals surface area contributed by atoms with Crippen LogP contribution in [-0.2, 0) is 17.8 Å². The highest BCUT2D eigenvalue weighted by Gasteiger charge is 2.25. The number of nitrogens with one attached hydrogen (secondary N) is 2. The molecule has 0 amide bonds. The first kappa shape index (κ1) is 21.7. The van der Waals surface area contributed by atoms with Crippen LogP contribution in [0.3, 0.4) is 0 Å². The molecule has 1 heterocycles. The van der Waals surface area contributed by atoms with Crippen LogP contribution in [0.5, 0.6) is 0 Å². The lowest BCUT2D eigenvalue weighted by molar-refractivity contribution is 0.0169. The molecule has 154 valence electrons. The minimum atomic E-state index is 0.373. The van der Waals surface area contributed by atoms with Gasteiger partial charge in [0.15, 0.2) is 5.96 Å². The zero-order valence-corrected chi connectivity index (χ0v) is 17.7. The number of hydrogen-bond acceptors (Lipinski definition) is 3. The predicted molar refractivity (Wildman–Crippen MR) is 112 cm³/mol. The van der Waals surface area contributed by atoms with Gasteiger partial charge in [0, 0.05) is 38.6 Å². The van der Waals surface area contributed by atoms with Crippen LogP contribution in [0, 0.1) is 11.8 Å². The first-order chi connectivity index (χ1) is 13.1. The fourth-order valence-corrected chi connectivity index (χ4v) is 3.87. The molecular weight excluding hydrogens is 338 g/mol. The van der Waals surface area contributed by atoms with E-state index in [1.54, 1.807) is 0 Å². The SMILES string of the molecule is CCNC(=NCc1nccn1CC(C)C)NCCC(OCC)C1CCCC1. The predicted octanol–water partition coefficient (Wildman–Crippen LogP) is 3.58. The fourth-order valence-electron chi connectivity index (χ4n) is 3.87. The van der Waals surface area contributed by atoms with E-state index >= 15 is 0 Å². The van der Waals surface area contributed by atoms with Crippen LogP contribution in [0.15, 0.2) is 17.4 Å². The Hall–Kier alpha value is -1.56. The van der Waals surface area contributed by atoms with Crippen molar-refractivity contribution >= 4 is 5.96 Å². The zero-order chi connectivity index (χ0) is 19.5. The maximum absolute atomic E-state index is 6.03. The minimum absolute atomic E-state index is 0.373. The number of aromatic nitrogens is 2. The van der Waals surface area contributed by atoms with E-state index in [1.807, 2.05) is 12.4 Å². The van der Waals surface area contributed by atoms with Gasteiger partial charge in [-0.2, -0.15) is 0 Å². The van der Waals surface area contributed by atoms with Crippen LogP contribution in [0.25, 0.3) is 0 Å². The number of aliphatic imine (C=N–C) groups is 1. The van der Waals surface area contributed by atoms with Crippen molar-refractivity contribution in [1.29, 1.82) is 0 Å². The number of imidazole rings is 1. The molecule has 0 aromatic carbocycles. The van der Waals surface area contributed by atoms with E-state index in [9.17, 15) is 0 Å². The normalized spacial score (nSPS) is 16.9. The molecule has 2 rings (SSSR count). The van der Waals surface area contributed by atoms with Crippen LogP contribution in [0.2, 0.25) is 0 Å². The summed E-state index contributed by atoms with van der Waals surface area (Å²) in [6.07, 6.45) is 10.7. The average Bonchev–Trinajstić information content (AvgIpc) is 3.30. The van der Waals surface area contributed by atoms with E-state index in [-0.39, 0.29) is 0 Å². The first-order valence-electron chi connectivity index (χ1n) is 10.8. The van der Waals surface area contributed by atoms with E-state index in [0.717, 1.165) is 50.4 Å². The van der Waals surface area contributed by atoms with E-state index in [4.69, 9.17) is 9.73 Å². The third-order valence-electron chi connectivity index (χ3n) is 5.11. The van der Waals surface area contributed by atoms with Crippen LogP contribution in [0.1, 0.15) is 65.6 Å². The second kappa shape index (κ2) is 12.0. The lowest BCUT2D eigenvalue weighted by Crippen LogP contribution is -2.39. The van der Waals surface area contributed by atoms with Crippen molar-refractivity contribution in [1.82, 2.24) is 20.2 Å². The summed E-state index contributed by atoms with van der Waals surface area (Å²) in [4.78, 5) is 9.20. The number of hydrogen-bond donors (Lipinski definition) is 2. The lowest BCUT2D eigenvalue weighted by atomic mass is 9.98. The number of guanidine groups is 1. The van der Waals surface area contributed by atoms with E-state index in [1.165, 1.54) is 25.7 Å². The maximum Gasteiger partial charge on any atom is 0.191 e. The second-order valence-electron chi connectivity index (χ2n) is 7.84. The maximum atomic E-state index is 6.03. The van der Waals surface area contributed by atoms with E-state index in [0.29, 0.717) is 18.6 Å². The molecule has 0 spiro atoms. The summed E-state index contributed by atoms with van der Waals surface area (Å²) in [7, 11) is 0. The molecule has 1 aliphatic rings. The highest BCUT2D eigenvalue weighted by Crippen LogP contribution is 2.30. The van der Waals surface area contributed by atoms with E-state index in [2.05, 4.69) is 47.9 Å². The highest BCUT2D eigenvalue weighted by molar-refractivity contribution is 5.79. The van der Waals surface area contributed by atoms with Crippen molar-refractivity contribution in [3.05, 3.63) is 18.2 Å². The summed E-state index contributed by atoms with van der Waals surface area (Å²) in [6.45, 7) is 12.7. The molecular formula is C21H39N5O. The summed E-state index contributed by atoms with van der Waals surface area (Å²) in [6, 6.07) is 0. The average molecular weight is 378 g/mol. The highest BCUT2D eigenvalue weighted by atomic mass is 16.5. The van der Waals surface area contributed by atoms with Crippen molar-refractivity contribution in [2.45, 2.75) is 79.0 Å². The van der Waals surface area contributed by atoms with Gasteiger partial charge in [0.1, 0.15) is 12.4 Å². The van der Waals surface area contributed by atoms with Gasteiger partial charge in [-0.05, 0) is 44.9 Å². The summed E-state index contributed by atoms with van der Waals surface area (Å²) in [5, 5.41) is 6.82. The standard InChI is InChI=1S/C21H39N5O/c1-5-22-21(25-15-20-23-13-14-26(20)16-17(3)4)24-12-11-19(27-6-2)18-9-7-8-10-18/h13-14,17-19H,5-12,15-16H2,1-4H3,(H2,22,24,25). The number of rotatable bonds is 11. The molecule has 0 aliphatic heterocycles. The smallest absolute Gasteiger partial charge is 0.191 e. The largest absolute Gasteiger partial charge is 0.378 e. The number of ether oxygens (including phenoxy) is 1. The van der Waals surface area contributed by atoms with Gasteiger partial charge < -0.3 is 19.9 Å². The van der Waals surface area contributed by atoms with Gasteiger partial charge in [-0.15, -0.1) is 0 Å². The summed E-state index contributed by atoms with van der Waals surface area (Å²) in [5.74, 6) is 3.20. The second-order valence-corrected chi connectivity index (χ2v) is 7.84. The van der Waals surface area contributed by atoms with Crippen LogP contribution in [0.4, 0.5) is 0 Å². The lowest BCUT2D eigenvalue weighted by Gasteiger charge is -2.24. The summed E-state index contributed by atoms with van der Waals surface area (Å²) < 4.78 is 8.22. The Morgan fingerprint density at radius 3 is 2.74 bits per heavy atom. The van der Waals surface area contributed by atoms with Gasteiger partial charge >= 0.3 is 0 Å². The molecule has 6 heteroatoms. The molecule has 1 aromatic heterocycles. The quantitative estimate of drug-likeness (QED) is 0.457. The molecule has 2 N–H and O–H groups in total. The van der Waals surface area contributed by atoms with Crippen molar-refractivity contribution in [3.63, 3.8) is 0 Å². The third-order valence-corrected chi connectivity index (χ3v) is 5.11. The molecule has 0 saturated heterocycles. The molecule has 0 radical (unpaired) electrons. The van der Waals surface area contributed by atoms with Crippen LogP contribution < -0.4 is 10.6 Å². The molecule has 1 unspecified atom stereocenters. The molecule has 27 heavy (non-hydrogen) atoms. The molecule has 1 fully saturated rings. The van der Waals surface area contributed by atoms with Crippen LogP contribution >= 0.6 is 0 Å². The molecule has 6 nitrogen and oxygen atoms in total. The van der Waals surface area contributed by atoms with Gasteiger partial charge in [0.2, 0.25) is 0 Å².